The van der Waals surface area contributed by atoms with Crippen molar-refractivity contribution in [1.29, 1.82) is 0 Å². The van der Waals surface area contributed by atoms with Crippen LogP contribution in [0, 0.1) is 18.6 Å². The van der Waals surface area contributed by atoms with Gasteiger partial charge in [0.25, 0.3) is 5.78 Å². The summed E-state index contributed by atoms with van der Waals surface area (Å²) in [5.41, 5.74) is 0.463. The van der Waals surface area contributed by atoms with Crippen LogP contribution in [0.4, 0.5) is 13.9 Å². The minimum absolute atomic E-state index is 0.0301. The molecule has 1 N–H and O–H groups in total. The first kappa shape index (κ1) is 22.3. The highest BCUT2D eigenvalue weighted by Gasteiger charge is 2.48. The zero-order valence-electron chi connectivity index (χ0n) is 17.3. The molecule has 1 atom stereocenters. The molecule has 1 aliphatic rings. The molecule has 0 spiro atoms. The van der Waals surface area contributed by atoms with Gasteiger partial charge >= 0.3 is 11.9 Å². The molecular weight excluding hydrogens is 454 g/mol. The molecule has 7 nitrogen and oxygen atoms in total. The zero-order valence-corrected chi connectivity index (χ0v) is 18.2. The number of halogens is 2. The molecule has 2 aromatic carbocycles. The number of Topliss-reactive ketones (excluding diaryl/α,β-unsaturated/α-hetero) is 1. The van der Waals surface area contributed by atoms with E-state index in [4.69, 9.17) is 4.74 Å². The summed E-state index contributed by atoms with van der Waals surface area (Å²) in [6.07, 6.45) is 0. The lowest BCUT2D eigenvalue weighted by atomic mass is 9.95. The molecule has 1 aromatic heterocycles. The fourth-order valence-electron chi connectivity index (χ4n) is 3.52. The number of thiazole rings is 1. The Kier molecular flexibility index (Phi) is 5.77. The van der Waals surface area contributed by atoms with E-state index in [1.807, 2.05) is 0 Å². The Labute approximate surface area is 190 Å². The second-order valence-electron chi connectivity index (χ2n) is 7.13. The van der Waals surface area contributed by atoms with E-state index in [-0.39, 0.29) is 21.1 Å². The summed E-state index contributed by atoms with van der Waals surface area (Å²) in [5, 5.41) is 11.0. The van der Waals surface area contributed by atoms with Crippen LogP contribution in [0.25, 0.3) is 5.76 Å². The molecule has 4 rings (SSSR count). The topological polar surface area (TPSA) is 96.8 Å². The summed E-state index contributed by atoms with van der Waals surface area (Å²) in [4.78, 5) is 43.6. The summed E-state index contributed by atoms with van der Waals surface area (Å²) in [5.74, 6) is -4.25. The van der Waals surface area contributed by atoms with Crippen molar-refractivity contribution in [2.45, 2.75) is 13.0 Å². The fourth-order valence-corrected chi connectivity index (χ4v) is 4.53. The zero-order chi connectivity index (χ0) is 23.9. The maximum Gasteiger partial charge on any atom is 0.350 e. The van der Waals surface area contributed by atoms with Gasteiger partial charge in [-0.1, -0.05) is 23.5 Å². The number of aliphatic hydroxyl groups excluding tert-OH is 1. The van der Waals surface area contributed by atoms with Crippen molar-refractivity contribution in [2.24, 2.45) is 0 Å². The van der Waals surface area contributed by atoms with Gasteiger partial charge in [0.15, 0.2) is 5.13 Å². The first-order valence-electron chi connectivity index (χ1n) is 9.61. The molecule has 1 fully saturated rings. The molecule has 33 heavy (non-hydrogen) atoms. The number of anilines is 1. The van der Waals surface area contributed by atoms with Crippen molar-refractivity contribution in [3.8, 4) is 0 Å². The second-order valence-corrected chi connectivity index (χ2v) is 8.11. The predicted octanol–water partition coefficient (Wildman–Crippen LogP) is 4.14. The number of ketones is 1. The van der Waals surface area contributed by atoms with Crippen molar-refractivity contribution >= 4 is 39.9 Å². The number of hydrogen-bond acceptors (Lipinski definition) is 7. The molecule has 0 bridgehead atoms. The van der Waals surface area contributed by atoms with E-state index in [0.717, 1.165) is 40.5 Å². The standard InChI is InChI=1S/C23H16F2N2O5S/c1-11-20(22(31)32-2)33-23(26-11)27-17(12-3-7-14(24)8-4-12)16(19(29)21(27)30)18(28)13-5-9-15(25)10-6-13/h3-10,17,28H,1-2H3. The molecule has 0 saturated carbocycles. The van der Waals surface area contributed by atoms with Crippen LogP contribution in [0.1, 0.15) is 32.5 Å². The number of amides is 1. The molecule has 168 valence electrons. The molecule has 0 radical (unpaired) electrons. The molecule has 0 aliphatic carbocycles. The van der Waals surface area contributed by atoms with E-state index in [0.29, 0.717) is 11.3 Å². The van der Waals surface area contributed by atoms with Crippen LogP contribution in [0.5, 0.6) is 0 Å². The van der Waals surface area contributed by atoms with Crippen LogP contribution in [-0.4, -0.2) is 34.9 Å². The van der Waals surface area contributed by atoms with Crippen LogP contribution < -0.4 is 4.90 Å². The number of esters is 1. The molecule has 2 heterocycles. The highest BCUT2D eigenvalue weighted by molar-refractivity contribution is 7.17. The molecule has 1 amide bonds. The average molecular weight is 470 g/mol. The largest absolute Gasteiger partial charge is 0.507 e. The second kappa shape index (κ2) is 8.55. The monoisotopic (exact) mass is 470 g/mol. The number of carbonyl (C=O) groups excluding carboxylic acids is 3. The van der Waals surface area contributed by atoms with Crippen LogP contribution in [0.2, 0.25) is 0 Å². The van der Waals surface area contributed by atoms with Crippen LogP contribution in [-0.2, 0) is 14.3 Å². The number of hydrogen-bond donors (Lipinski definition) is 1. The van der Waals surface area contributed by atoms with Gasteiger partial charge in [0.2, 0.25) is 0 Å². The first-order chi connectivity index (χ1) is 15.7. The lowest BCUT2D eigenvalue weighted by Crippen LogP contribution is -2.29. The predicted molar refractivity (Wildman–Crippen MR) is 116 cm³/mol. The summed E-state index contributed by atoms with van der Waals surface area (Å²) in [6.45, 7) is 1.55. The molecule has 1 aliphatic heterocycles. The molecule has 10 heteroatoms. The summed E-state index contributed by atoms with van der Waals surface area (Å²) in [7, 11) is 1.20. The van der Waals surface area contributed by atoms with Crippen LogP contribution in [0.15, 0.2) is 54.1 Å². The van der Waals surface area contributed by atoms with Gasteiger partial charge in [-0.05, 0) is 48.9 Å². The highest BCUT2D eigenvalue weighted by Crippen LogP contribution is 2.43. The Morgan fingerprint density at radius 3 is 2.21 bits per heavy atom. The number of carbonyl (C=O) groups is 3. The Bertz CT molecular complexity index is 1300. The normalized spacial score (nSPS) is 17.5. The third-order valence-corrected chi connectivity index (χ3v) is 6.25. The lowest BCUT2D eigenvalue weighted by molar-refractivity contribution is -0.132. The van der Waals surface area contributed by atoms with Crippen molar-refractivity contribution in [1.82, 2.24) is 4.98 Å². The Morgan fingerprint density at radius 1 is 1.06 bits per heavy atom. The Balaban J connectivity index is 1.93. The van der Waals surface area contributed by atoms with Gasteiger partial charge in [-0.2, -0.15) is 0 Å². The molecular formula is C23H16F2N2O5S. The summed E-state index contributed by atoms with van der Waals surface area (Å²) < 4.78 is 31.7. The Hall–Kier alpha value is -3.92. The number of aliphatic hydroxyl groups is 1. The number of methoxy groups -OCH3 is 1. The van der Waals surface area contributed by atoms with E-state index in [2.05, 4.69) is 4.98 Å². The fraction of sp³-hybridized carbons (Fsp3) is 0.130. The van der Waals surface area contributed by atoms with Crippen molar-refractivity contribution in [3.05, 3.63) is 87.4 Å². The van der Waals surface area contributed by atoms with E-state index in [1.165, 1.54) is 31.4 Å². The molecule has 1 unspecified atom stereocenters. The van der Waals surface area contributed by atoms with Gasteiger partial charge in [0, 0.05) is 5.56 Å². The van der Waals surface area contributed by atoms with Crippen LogP contribution in [0.3, 0.4) is 0 Å². The third-order valence-electron chi connectivity index (χ3n) is 5.11. The van der Waals surface area contributed by atoms with E-state index >= 15 is 0 Å². The minimum atomic E-state index is -1.16. The van der Waals surface area contributed by atoms with E-state index < -0.39 is 41.1 Å². The Morgan fingerprint density at radius 2 is 1.64 bits per heavy atom. The summed E-state index contributed by atoms with van der Waals surface area (Å²) >= 11 is 0.848. The molecule has 1 saturated heterocycles. The van der Waals surface area contributed by atoms with Gasteiger partial charge in [0.05, 0.1) is 24.4 Å². The van der Waals surface area contributed by atoms with E-state index in [9.17, 15) is 28.3 Å². The number of aryl methyl sites for hydroxylation is 1. The van der Waals surface area contributed by atoms with Crippen LogP contribution >= 0.6 is 11.3 Å². The molecule has 3 aromatic rings. The smallest absolute Gasteiger partial charge is 0.350 e. The first-order valence-corrected chi connectivity index (χ1v) is 10.4. The lowest BCUT2D eigenvalue weighted by Gasteiger charge is -2.23. The summed E-state index contributed by atoms with van der Waals surface area (Å²) in [6, 6.07) is 8.63. The number of nitrogens with zero attached hydrogens (tertiary/aromatic N) is 2. The highest BCUT2D eigenvalue weighted by atomic mass is 32.1. The van der Waals surface area contributed by atoms with Crippen molar-refractivity contribution in [3.63, 3.8) is 0 Å². The van der Waals surface area contributed by atoms with Gasteiger partial charge < -0.3 is 9.84 Å². The average Bonchev–Trinajstić information content (AvgIpc) is 3.31. The maximum atomic E-state index is 13.6. The van der Waals surface area contributed by atoms with E-state index in [1.54, 1.807) is 6.92 Å². The van der Waals surface area contributed by atoms with Crippen molar-refractivity contribution in [2.75, 3.05) is 12.0 Å². The SMILES string of the molecule is COC(=O)c1sc(N2C(=O)C(=O)C(=C(O)c3ccc(F)cc3)C2c2ccc(F)cc2)nc1C. The van der Waals surface area contributed by atoms with Gasteiger partial charge in [0.1, 0.15) is 22.3 Å². The maximum absolute atomic E-state index is 13.6. The van der Waals surface area contributed by atoms with Crippen molar-refractivity contribution < 1.29 is 33.0 Å². The third kappa shape index (κ3) is 3.89. The minimum Gasteiger partial charge on any atom is -0.507 e. The van der Waals surface area contributed by atoms with Gasteiger partial charge in [-0.3, -0.25) is 14.5 Å². The quantitative estimate of drug-likeness (QED) is 0.266. The number of ether oxygens (including phenoxy) is 1. The number of aromatic nitrogens is 1. The van der Waals surface area contributed by atoms with Gasteiger partial charge in [-0.15, -0.1) is 0 Å². The number of rotatable bonds is 4. The number of benzene rings is 2. The van der Waals surface area contributed by atoms with Gasteiger partial charge in [-0.25, -0.2) is 18.6 Å².